The molecule has 2 aromatic carbocycles. The minimum atomic E-state index is 1.08. The smallest absolute Gasteiger partial charge is 0.00994 e. The minimum Gasteiger partial charge on any atom is -0.0985 e. The molecule has 0 radical (unpaired) electrons. The van der Waals surface area contributed by atoms with Crippen LogP contribution < -0.4 is 0 Å². The summed E-state index contributed by atoms with van der Waals surface area (Å²) in [4.78, 5) is 0. The van der Waals surface area contributed by atoms with Gasteiger partial charge < -0.3 is 0 Å². The summed E-state index contributed by atoms with van der Waals surface area (Å²) < 4.78 is 0. The van der Waals surface area contributed by atoms with Crippen LogP contribution in [0.25, 0.3) is 35.4 Å². The fraction of sp³-hybridized carbons (Fsp3) is 0. The van der Waals surface area contributed by atoms with Gasteiger partial charge in [-0.15, -0.1) is 0 Å². The van der Waals surface area contributed by atoms with E-state index in [1.165, 1.54) is 0 Å². The molecule has 0 aliphatic heterocycles. The molecular formula is C20H18. The van der Waals surface area contributed by atoms with Gasteiger partial charge in [-0.1, -0.05) is 81.0 Å². The largest absolute Gasteiger partial charge is 0.0985 e. The molecule has 2 rings (SSSR count). The van der Waals surface area contributed by atoms with Crippen molar-refractivity contribution in [1.29, 1.82) is 0 Å². The third-order valence-electron chi connectivity index (χ3n) is 3.39. The zero-order valence-electron chi connectivity index (χ0n) is 11.6. The lowest BCUT2D eigenvalue weighted by atomic mass is 9.91. The average molecular weight is 258 g/mol. The first-order chi connectivity index (χ1) is 9.74. The van der Waals surface area contributed by atoms with Gasteiger partial charge in [-0.3, -0.25) is 0 Å². The van der Waals surface area contributed by atoms with E-state index < -0.39 is 0 Å². The van der Waals surface area contributed by atoms with Crippen LogP contribution in [0.5, 0.6) is 0 Å². The summed E-state index contributed by atoms with van der Waals surface area (Å²) in [5, 5.41) is 0. The summed E-state index contributed by atoms with van der Waals surface area (Å²) in [6, 6.07) is 12.4. The predicted molar refractivity (Wildman–Crippen MR) is 92.2 cm³/mol. The van der Waals surface area contributed by atoms with E-state index in [2.05, 4.69) is 44.5 Å². The first-order valence-corrected chi connectivity index (χ1v) is 6.52. The highest BCUT2D eigenvalue weighted by atomic mass is 14.1. The number of rotatable bonds is 5. The van der Waals surface area contributed by atoms with Crippen LogP contribution in [0, 0.1) is 0 Å². The van der Waals surface area contributed by atoms with Gasteiger partial charge in [0.15, 0.2) is 0 Å². The van der Waals surface area contributed by atoms with Crippen LogP contribution in [0.3, 0.4) is 0 Å². The highest BCUT2D eigenvalue weighted by Crippen LogP contribution is 2.32. The number of benzene rings is 2. The van der Waals surface area contributed by atoms with Crippen molar-refractivity contribution in [2.75, 3.05) is 0 Å². The topological polar surface area (TPSA) is 0 Å². The van der Waals surface area contributed by atoms with Crippen molar-refractivity contribution in [3.05, 3.63) is 85.0 Å². The molecule has 0 bridgehead atoms. The summed E-state index contributed by atoms with van der Waals surface area (Å²) in [7, 11) is 0. The summed E-state index contributed by atoms with van der Waals surface area (Å²) >= 11 is 0. The SMILES string of the molecule is C=Cc1ccc(C=C)c(-c2cccc(C=C)c2C=C)c1. The molecule has 0 spiro atoms. The molecule has 0 aromatic heterocycles. The maximum absolute atomic E-state index is 3.93. The second kappa shape index (κ2) is 6.03. The van der Waals surface area contributed by atoms with Crippen molar-refractivity contribution in [2.45, 2.75) is 0 Å². The van der Waals surface area contributed by atoms with Gasteiger partial charge in [-0.25, -0.2) is 0 Å². The molecule has 98 valence electrons. The van der Waals surface area contributed by atoms with E-state index in [4.69, 9.17) is 0 Å². The van der Waals surface area contributed by atoms with E-state index >= 15 is 0 Å². The first-order valence-electron chi connectivity index (χ1n) is 6.52. The zero-order chi connectivity index (χ0) is 14.5. The molecule has 0 aliphatic rings. The van der Waals surface area contributed by atoms with Crippen LogP contribution in [-0.2, 0) is 0 Å². The molecule has 0 saturated heterocycles. The lowest BCUT2D eigenvalue weighted by Crippen LogP contribution is -1.90. The Morgan fingerprint density at radius 3 is 2.00 bits per heavy atom. The van der Waals surface area contributed by atoms with Gasteiger partial charge in [-0.05, 0) is 39.4 Å². The molecule has 0 nitrogen and oxygen atoms in total. The molecule has 0 aliphatic carbocycles. The Morgan fingerprint density at radius 1 is 0.650 bits per heavy atom. The molecule has 0 saturated carbocycles. The Balaban J connectivity index is 2.79. The maximum Gasteiger partial charge on any atom is -0.00994 e. The molecular weight excluding hydrogens is 240 g/mol. The molecule has 0 unspecified atom stereocenters. The van der Waals surface area contributed by atoms with E-state index in [-0.39, 0.29) is 0 Å². The van der Waals surface area contributed by atoms with Crippen LogP contribution >= 0.6 is 0 Å². The summed E-state index contributed by atoms with van der Waals surface area (Å²) in [6.45, 7) is 15.5. The van der Waals surface area contributed by atoms with Crippen molar-refractivity contribution in [1.82, 2.24) is 0 Å². The first kappa shape index (κ1) is 13.8. The van der Waals surface area contributed by atoms with Crippen LogP contribution in [0.2, 0.25) is 0 Å². The van der Waals surface area contributed by atoms with Gasteiger partial charge in [0.05, 0.1) is 0 Å². The highest BCUT2D eigenvalue weighted by molar-refractivity contribution is 5.85. The average Bonchev–Trinajstić information content (AvgIpc) is 2.53. The normalized spacial score (nSPS) is 9.80. The maximum atomic E-state index is 3.93. The van der Waals surface area contributed by atoms with E-state index in [0.29, 0.717) is 0 Å². The minimum absolute atomic E-state index is 1.08. The Hall–Kier alpha value is -2.60. The zero-order valence-corrected chi connectivity index (χ0v) is 11.6. The van der Waals surface area contributed by atoms with E-state index in [9.17, 15) is 0 Å². The molecule has 0 heterocycles. The van der Waals surface area contributed by atoms with Gasteiger partial charge in [0.2, 0.25) is 0 Å². The van der Waals surface area contributed by atoms with E-state index in [1.807, 2.05) is 42.5 Å². The van der Waals surface area contributed by atoms with Crippen LogP contribution in [0.15, 0.2) is 62.7 Å². The van der Waals surface area contributed by atoms with Crippen molar-refractivity contribution < 1.29 is 0 Å². The standard InChI is InChI=1S/C20H18/c1-5-15-12-13-17(7-3)20(14-15)19-11-9-10-16(6-2)18(19)8-4/h5-14H,1-4H2. The van der Waals surface area contributed by atoms with E-state index in [1.54, 1.807) is 0 Å². The molecule has 0 fully saturated rings. The van der Waals surface area contributed by atoms with Crippen LogP contribution in [-0.4, -0.2) is 0 Å². The van der Waals surface area contributed by atoms with Gasteiger partial charge in [0, 0.05) is 0 Å². The third kappa shape index (κ3) is 2.41. The quantitative estimate of drug-likeness (QED) is 0.624. The number of hydrogen-bond donors (Lipinski definition) is 0. The van der Waals surface area contributed by atoms with E-state index in [0.717, 1.165) is 33.4 Å². The molecule has 0 atom stereocenters. The Kier molecular flexibility index (Phi) is 4.17. The molecule has 0 N–H and O–H groups in total. The van der Waals surface area contributed by atoms with Gasteiger partial charge in [-0.2, -0.15) is 0 Å². The van der Waals surface area contributed by atoms with Crippen molar-refractivity contribution >= 4 is 24.3 Å². The summed E-state index contributed by atoms with van der Waals surface area (Å²) in [5.74, 6) is 0. The lowest BCUT2D eigenvalue weighted by Gasteiger charge is -2.13. The van der Waals surface area contributed by atoms with Crippen molar-refractivity contribution in [3.8, 4) is 11.1 Å². The van der Waals surface area contributed by atoms with Crippen molar-refractivity contribution in [2.24, 2.45) is 0 Å². The molecule has 2 aromatic rings. The Morgan fingerprint density at radius 2 is 1.40 bits per heavy atom. The second-order valence-corrected chi connectivity index (χ2v) is 4.47. The Bertz CT molecular complexity index is 687. The lowest BCUT2D eigenvalue weighted by molar-refractivity contribution is 1.54. The molecule has 20 heavy (non-hydrogen) atoms. The second-order valence-electron chi connectivity index (χ2n) is 4.47. The van der Waals surface area contributed by atoms with Gasteiger partial charge >= 0.3 is 0 Å². The molecule has 0 amide bonds. The predicted octanol–water partition coefficient (Wildman–Crippen LogP) is 5.93. The fourth-order valence-corrected chi connectivity index (χ4v) is 2.34. The monoisotopic (exact) mass is 258 g/mol. The highest BCUT2D eigenvalue weighted by Gasteiger charge is 2.09. The summed E-state index contributed by atoms with van der Waals surface area (Å²) in [6.07, 6.45) is 7.45. The van der Waals surface area contributed by atoms with Crippen LogP contribution in [0.4, 0.5) is 0 Å². The van der Waals surface area contributed by atoms with Gasteiger partial charge in [0.25, 0.3) is 0 Å². The fourth-order valence-electron chi connectivity index (χ4n) is 2.34. The Labute approximate surface area is 121 Å². The molecule has 0 heteroatoms. The van der Waals surface area contributed by atoms with Crippen LogP contribution in [0.1, 0.15) is 22.3 Å². The third-order valence-corrected chi connectivity index (χ3v) is 3.39. The number of hydrogen-bond acceptors (Lipinski definition) is 0. The van der Waals surface area contributed by atoms with Crippen molar-refractivity contribution in [3.63, 3.8) is 0 Å². The van der Waals surface area contributed by atoms with Gasteiger partial charge in [0.1, 0.15) is 0 Å². The summed E-state index contributed by atoms with van der Waals surface area (Å²) in [5.41, 5.74) is 6.62.